The number of rotatable bonds is 10. The Morgan fingerprint density at radius 1 is 1.11 bits per heavy atom. The van der Waals surface area contributed by atoms with E-state index < -0.39 is 15.4 Å². The lowest BCUT2D eigenvalue weighted by Crippen LogP contribution is -2.19. The Kier molecular flexibility index (Phi) is 8.51. The third-order valence-electron chi connectivity index (χ3n) is 5.25. The molecule has 0 saturated carbocycles. The van der Waals surface area contributed by atoms with E-state index in [1.807, 2.05) is 38.1 Å². The largest absolute Gasteiger partial charge is 0.489 e. The van der Waals surface area contributed by atoms with Crippen molar-refractivity contribution in [2.24, 2.45) is 0 Å². The molecule has 9 nitrogen and oxygen atoms in total. The topological polar surface area (TPSA) is 140 Å². The van der Waals surface area contributed by atoms with Crippen LogP contribution < -0.4 is 19.9 Å². The highest BCUT2D eigenvalue weighted by atomic mass is 35.5. The van der Waals surface area contributed by atoms with Crippen LogP contribution in [-0.4, -0.2) is 37.1 Å². The van der Waals surface area contributed by atoms with E-state index >= 15 is 0 Å². The maximum atomic E-state index is 11.4. The Balaban J connectivity index is 1.77. The minimum Gasteiger partial charge on any atom is -0.489 e. The molecule has 0 radical (unpaired) electrons. The number of nitriles is 1. The zero-order chi connectivity index (χ0) is 26.5. The van der Waals surface area contributed by atoms with Gasteiger partial charge in [-0.2, -0.15) is 10.2 Å². The van der Waals surface area contributed by atoms with Crippen molar-refractivity contribution in [1.29, 1.82) is 5.26 Å². The molecule has 1 aromatic heterocycles. The van der Waals surface area contributed by atoms with E-state index in [9.17, 15) is 13.7 Å². The Hall–Kier alpha value is -3.26. The van der Waals surface area contributed by atoms with Crippen molar-refractivity contribution in [1.82, 2.24) is 9.97 Å². The Labute approximate surface area is 220 Å². The standard InChI is InChI=1S/C24H25Cl2N5O4S/c1-24(2,17-10-15(13-27)22(20(26)11-17)34-9-8-25)16-4-6-19(7-5-16)35-14-18-12-21(28)30-23(29-18)31-36(3,32)33/h4-7,10-12H,8-9,14H2,1-3H3,(H3,28,29,30,31). The number of ether oxygens (including phenoxy) is 2. The summed E-state index contributed by atoms with van der Waals surface area (Å²) >= 11 is 12.1. The molecule has 0 atom stereocenters. The van der Waals surface area contributed by atoms with Gasteiger partial charge in [-0.25, -0.2) is 13.4 Å². The predicted octanol–water partition coefficient (Wildman–Crippen LogP) is 4.48. The van der Waals surface area contributed by atoms with E-state index in [4.69, 9.17) is 38.4 Å². The first-order valence-electron chi connectivity index (χ1n) is 10.7. The zero-order valence-electron chi connectivity index (χ0n) is 19.9. The lowest BCUT2D eigenvalue weighted by molar-refractivity contribution is 0.301. The molecule has 1 heterocycles. The van der Waals surface area contributed by atoms with Gasteiger partial charge in [0, 0.05) is 11.5 Å². The minimum absolute atomic E-state index is 0.0544. The summed E-state index contributed by atoms with van der Waals surface area (Å²) in [6, 6.07) is 14.6. The van der Waals surface area contributed by atoms with Crippen LogP contribution in [0.5, 0.6) is 11.5 Å². The number of nitrogens with two attached hydrogens (primary N) is 1. The van der Waals surface area contributed by atoms with E-state index in [1.165, 1.54) is 6.07 Å². The van der Waals surface area contributed by atoms with Gasteiger partial charge in [0.15, 0.2) is 5.75 Å². The van der Waals surface area contributed by atoms with E-state index in [-0.39, 0.29) is 30.9 Å². The van der Waals surface area contributed by atoms with Gasteiger partial charge in [-0.15, -0.1) is 11.6 Å². The van der Waals surface area contributed by atoms with Crippen LogP contribution in [0.2, 0.25) is 5.02 Å². The van der Waals surface area contributed by atoms with Gasteiger partial charge in [0.05, 0.1) is 28.4 Å². The Bertz CT molecular complexity index is 1390. The van der Waals surface area contributed by atoms with Crippen LogP contribution in [0, 0.1) is 11.3 Å². The molecule has 0 unspecified atom stereocenters. The van der Waals surface area contributed by atoms with Crippen molar-refractivity contribution in [3.8, 4) is 17.6 Å². The number of alkyl halides is 1. The van der Waals surface area contributed by atoms with Crippen LogP contribution in [0.25, 0.3) is 0 Å². The summed E-state index contributed by atoms with van der Waals surface area (Å²) in [5, 5.41) is 9.94. The highest BCUT2D eigenvalue weighted by Crippen LogP contribution is 2.38. The van der Waals surface area contributed by atoms with Gasteiger partial charge in [-0.05, 0) is 35.4 Å². The molecule has 0 spiro atoms. The summed E-state index contributed by atoms with van der Waals surface area (Å²) in [5.74, 6) is 1.17. The lowest BCUT2D eigenvalue weighted by atomic mass is 9.77. The summed E-state index contributed by atoms with van der Waals surface area (Å²) in [7, 11) is -3.54. The van der Waals surface area contributed by atoms with Crippen LogP contribution in [0.3, 0.4) is 0 Å². The number of aromatic nitrogens is 2. The van der Waals surface area contributed by atoms with Crippen molar-refractivity contribution in [2.45, 2.75) is 25.9 Å². The third-order valence-corrected chi connectivity index (χ3v) is 6.24. The van der Waals surface area contributed by atoms with Gasteiger partial charge in [0.25, 0.3) is 0 Å². The number of nitrogens with one attached hydrogen (secondary N) is 1. The molecule has 3 N–H and O–H groups in total. The molecule has 12 heteroatoms. The minimum atomic E-state index is -3.54. The molecule has 3 aromatic rings. The van der Waals surface area contributed by atoms with E-state index in [1.54, 1.807) is 12.1 Å². The summed E-state index contributed by atoms with van der Waals surface area (Å²) in [6.45, 7) is 4.35. The first kappa shape index (κ1) is 27.3. The number of hydrogen-bond donors (Lipinski definition) is 2. The van der Waals surface area contributed by atoms with Gasteiger partial charge >= 0.3 is 0 Å². The van der Waals surface area contributed by atoms with Crippen molar-refractivity contribution in [2.75, 3.05) is 29.2 Å². The maximum Gasteiger partial charge on any atom is 0.238 e. The number of nitrogens with zero attached hydrogens (tertiary/aromatic N) is 3. The number of anilines is 2. The monoisotopic (exact) mass is 549 g/mol. The van der Waals surface area contributed by atoms with Crippen LogP contribution >= 0.6 is 23.2 Å². The van der Waals surface area contributed by atoms with Crippen LogP contribution in [-0.2, 0) is 22.0 Å². The van der Waals surface area contributed by atoms with Gasteiger partial charge in [0.1, 0.15) is 30.9 Å². The number of benzene rings is 2. The number of halogens is 2. The van der Waals surface area contributed by atoms with Crippen LogP contribution in [0.15, 0.2) is 42.5 Å². The average molecular weight is 550 g/mol. The van der Waals surface area contributed by atoms with Gasteiger partial charge in [-0.3, -0.25) is 4.72 Å². The zero-order valence-corrected chi connectivity index (χ0v) is 22.2. The number of hydrogen-bond acceptors (Lipinski definition) is 8. The fourth-order valence-electron chi connectivity index (χ4n) is 3.42. The van der Waals surface area contributed by atoms with Crippen molar-refractivity contribution in [3.05, 3.63) is 69.9 Å². The fourth-order valence-corrected chi connectivity index (χ4v) is 4.19. The molecule has 3 rings (SSSR count). The van der Waals surface area contributed by atoms with Gasteiger partial charge in [-0.1, -0.05) is 37.6 Å². The molecule has 0 aliphatic rings. The molecule has 0 saturated heterocycles. The van der Waals surface area contributed by atoms with Crippen molar-refractivity contribution in [3.63, 3.8) is 0 Å². The van der Waals surface area contributed by atoms with Gasteiger partial charge < -0.3 is 15.2 Å². The molecule has 0 fully saturated rings. The Morgan fingerprint density at radius 3 is 2.42 bits per heavy atom. The van der Waals surface area contributed by atoms with Crippen LogP contribution in [0.1, 0.15) is 36.2 Å². The van der Waals surface area contributed by atoms with E-state index in [2.05, 4.69) is 20.8 Å². The summed E-state index contributed by atoms with van der Waals surface area (Å²) in [5.41, 5.74) is 7.83. The molecule has 0 aliphatic heterocycles. The fraction of sp³-hybridized carbons (Fsp3) is 0.292. The van der Waals surface area contributed by atoms with Crippen molar-refractivity contribution >= 4 is 45.0 Å². The van der Waals surface area contributed by atoms with E-state index in [0.29, 0.717) is 27.8 Å². The van der Waals surface area contributed by atoms with Crippen molar-refractivity contribution < 1.29 is 17.9 Å². The summed E-state index contributed by atoms with van der Waals surface area (Å²) in [6.07, 6.45) is 0.998. The SMILES string of the molecule is CC(C)(c1ccc(OCc2cc(N)nc(NS(C)(=O)=O)n2)cc1)c1cc(Cl)c(OCCCl)c(C#N)c1. The molecule has 0 bridgehead atoms. The number of sulfonamides is 1. The second-order valence-electron chi connectivity index (χ2n) is 8.40. The highest BCUT2D eigenvalue weighted by molar-refractivity contribution is 7.91. The molecule has 190 valence electrons. The molecule has 36 heavy (non-hydrogen) atoms. The first-order chi connectivity index (χ1) is 16.9. The van der Waals surface area contributed by atoms with Crippen LogP contribution in [0.4, 0.5) is 11.8 Å². The average Bonchev–Trinajstić information content (AvgIpc) is 2.80. The second-order valence-corrected chi connectivity index (χ2v) is 10.9. The maximum absolute atomic E-state index is 11.4. The van der Waals surface area contributed by atoms with Gasteiger partial charge in [0.2, 0.25) is 16.0 Å². The first-order valence-corrected chi connectivity index (χ1v) is 13.5. The smallest absolute Gasteiger partial charge is 0.238 e. The molecular weight excluding hydrogens is 525 g/mol. The quantitative estimate of drug-likeness (QED) is 0.352. The molecule has 2 aromatic carbocycles. The highest BCUT2D eigenvalue weighted by Gasteiger charge is 2.26. The Morgan fingerprint density at radius 2 is 1.81 bits per heavy atom. The predicted molar refractivity (Wildman–Crippen MR) is 140 cm³/mol. The van der Waals surface area contributed by atoms with E-state index in [0.717, 1.165) is 17.4 Å². The molecule has 0 aliphatic carbocycles. The molecular formula is C24H25Cl2N5O4S. The normalized spacial score (nSPS) is 11.6. The summed E-state index contributed by atoms with van der Waals surface area (Å²) < 4.78 is 36.4. The third kappa shape index (κ3) is 6.91. The molecule has 0 amide bonds. The lowest BCUT2D eigenvalue weighted by Gasteiger charge is -2.27. The summed E-state index contributed by atoms with van der Waals surface area (Å²) in [4.78, 5) is 7.98. The number of nitrogen functional groups attached to an aromatic ring is 1. The second kappa shape index (κ2) is 11.2.